The molecule has 2 aliphatic rings. The molecule has 0 spiro atoms. The van der Waals surface area contributed by atoms with E-state index in [1.165, 1.54) is 47.3 Å². The van der Waals surface area contributed by atoms with Gasteiger partial charge in [-0.05, 0) is 77.1 Å². The van der Waals surface area contributed by atoms with Gasteiger partial charge in [-0.2, -0.15) is 0 Å². The monoisotopic (exact) mass is 454 g/mol. The summed E-state index contributed by atoms with van der Waals surface area (Å²) in [7, 11) is 0. The van der Waals surface area contributed by atoms with Crippen molar-refractivity contribution in [2.24, 2.45) is 0 Å². The Morgan fingerprint density at radius 2 is 1.62 bits per heavy atom. The summed E-state index contributed by atoms with van der Waals surface area (Å²) in [4.78, 5) is 14.8. The second kappa shape index (κ2) is 7.75. The van der Waals surface area contributed by atoms with Gasteiger partial charge in [0.15, 0.2) is 0 Å². The minimum Gasteiger partial charge on any atom is -0.353 e. The molecule has 4 nitrogen and oxygen atoms in total. The van der Waals surface area contributed by atoms with E-state index in [0.717, 1.165) is 28.5 Å². The standard InChI is InChI=1S/C24H31BrN4/c1-14-11-18(5)29(22-15(2)12-20(25)13-16(22)3)24-21(14)23(26-19(6)27-24)28-10-8-7-9-17(28)4/h11-14,17H,7-10H2,1-6H3. The van der Waals surface area contributed by atoms with E-state index in [1.54, 1.807) is 0 Å². The van der Waals surface area contributed by atoms with Gasteiger partial charge in [-0.1, -0.05) is 28.9 Å². The first-order valence-corrected chi connectivity index (χ1v) is 11.5. The summed E-state index contributed by atoms with van der Waals surface area (Å²) < 4.78 is 1.12. The average molecular weight is 455 g/mol. The molecule has 0 saturated carbocycles. The Hall–Kier alpha value is -1.88. The lowest BCUT2D eigenvalue weighted by molar-refractivity contribution is 0.478. The van der Waals surface area contributed by atoms with Crippen LogP contribution in [-0.4, -0.2) is 22.6 Å². The third kappa shape index (κ3) is 3.58. The van der Waals surface area contributed by atoms with Crippen molar-refractivity contribution in [1.82, 2.24) is 9.97 Å². The summed E-state index contributed by atoms with van der Waals surface area (Å²) in [5, 5.41) is 0. The topological polar surface area (TPSA) is 32.3 Å². The molecular weight excluding hydrogens is 424 g/mol. The molecule has 2 unspecified atom stereocenters. The third-order valence-corrected chi connectivity index (χ3v) is 6.74. The molecule has 154 valence electrons. The largest absolute Gasteiger partial charge is 0.353 e. The number of nitrogens with zero attached hydrogens (tertiary/aromatic N) is 4. The van der Waals surface area contributed by atoms with Crippen molar-refractivity contribution in [1.29, 1.82) is 0 Å². The Morgan fingerprint density at radius 3 is 2.28 bits per heavy atom. The normalized spacial score (nSPS) is 21.8. The summed E-state index contributed by atoms with van der Waals surface area (Å²) in [5.41, 5.74) is 6.21. The summed E-state index contributed by atoms with van der Waals surface area (Å²) in [5.74, 6) is 3.32. The van der Waals surface area contributed by atoms with Crippen LogP contribution in [0.1, 0.15) is 68.5 Å². The Labute approximate surface area is 183 Å². The summed E-state index contributed by atoms with van der Waals surface area (Å²) in [6.07, 6.45) is 6.14. The number of piperidine rings is 1. The second-order valence-corrected chi connectivity index (χ2v) is 9.61. The number of rotatable bonds is 2. The van der Waals surface area contributed by atoms with E-state index in [0.29, 0.717) is 12.0 Å². The Balaban J connectivity index is 1.94. The number of hydrogen-bond acceptors (Lipinski definition) is 4. The van der Waals surface area contributed by atoms with E-state index in [-0.39, 0.29) is 0 Å². The van der Waals surface area contributed by atoms with Gasteiger partial charge in [0.25, 0.3) is 0 Å². The van der Waals surface area contributed by atoms with Crippen LogP contribution in [0.2, 0.25) is 0 Å². The highest BCUT2D eigenvalue weighted by Gasteiger charge is 2.33. The summed E-state index contributed by atoms with van der Waals surface area (Å²) >= 11 is 3.64. The quantitative estimate of drug-likeness (QED) is 0.504. The van der Waals surface area contributed by atoms with Crippen LogP contribution in [-0.2, 0) is 0 Å². The molecule has 1 aromatic carbocycles. The predicted molar refractivity (Wildman–Crippen MR) is 125 cm³/mol. The van der Waals surface area contributed by atoms with E-state index in [1.807, 2.05) is 6.92 Å². The number of fused-ring (bicyclic) bond motifs is 1. The second-order valence-electron chi connectivity index (χ2n) is 8.69. The van der Waals surface area contributed by atoms with Gasteiger partial charge in [0.05, 0.1) is 5.69 Å². The molecular formula is C24H31BrN4. The van der Waals surface area contributed by atoms with Crippen molar-refractivity contribution in [3.63, 3.8) is 0 Å². The summed E-state index contributed by atoms with van der Waals surface area (Å²) in [6, 6.07) is 4.90. The number of aryl methyl sites for hydroxylation is 3. The van der Waals surface area contributed by atoms with Crippen LogP contribution < -0.4 is 9.80 Å². The highest BCUT2D eigenvalue weighted by atomic mass is 79.9. The van der Waals surface area contributed by atoms with Gasteiger partial charge >= 0.3 is 0 Å². The van der Waals surface area contributed by atoms with Crippen LogP contribution in [0.5, 0.6) is 0 Å². The van der Waals surface area contributed by atoms with Gasteiger partial charge in [0.2, 0.25) is 0 Å². The van der Waals surface area contributed by atoms with Gasteiger partial charge in [-0.15, -0.1) is 0 Å². The van der Waals surface area contributed by atoms with Crippen molar-refractivity contribution in [2.75, 3.05) is 16.3 Å². The fourth-order valence-electron chi connectivity index (χ4n) is 4.99. The first kappa shape index (κ1) is 20.4. The molecule has 0 N–H and O–H groups in total. The zero-order valence-corrected chi connectivity index (χ0v) is 20.0. The number of halogens is 1. The lowest BCUT2D eigenvalue weighted by Crippen LogP contribution is -2.39. The highest BCUT2D eigenvalue weighted by molar-refractivity contribution is 9.10. The van der Waals surface area contributed by atoms with E-state index in [4.69, 9.17) is 9.97 Å². The van der Waals surface area contributed by atoms with Crippen LogP contribution in [0.3, 0.4) is 0 Å². The van der Waals surface area contributed by atoms with Gasteiger partial charge in [-0.3, -0.25) is 4.90 Å². The van der Waals surface area contributed by atoms with E-state index < -0.39 is 0 Å². The Kier molecular flexibility index (Phi) is 5.45. The molecule has 2 aliphatic heterocycles. The van der Waals surface area contributed by atoms with Gasteiger partial charge in [0.1, 0.15) is 17.5 Å². The molecule has 3 heterocycles. The van der Waals surface area contributed by atoms with Crippen molar-refractivity contribution in [3.8, 4) is 0 Å². The molecule has 1 aromatic heterocycles. The zero-order valence-electron chi connectivity index (χ0n) is 18.4. The van der Waals surface area contributed by atoms with Gasteiger partial charge in [0, 0.05) is 34.2 Å². The summed E-state index contributed by atoms with van der Waals surface area (Å²) in [6.45, 7) is 14.3. The molecule has 1 fully saturated rings. The van der Waals surface area contributed by atoms with Crippen molar-refractivity contribution >= 4 is 33.3 Å². The van der Waals surface area contributed by atoms with Crippen molar-refractivity contribution in [2.45, 2.75) is 72.8 Å². The van der Waals surface area contributed by atoms with Crippen LogP contribution >= 0.6 is 15.9 Å². The maximum atomic E-state index is 4.99. The lowest BCUT2D eigenvalue weighted by atomic mass is 9.93. The molecule has 2 atom stereocenters. The van der Waals surface area contributed by atoms with E-state index in [2.05, 4.69) is 78.6 Å². The maximum Gasteiger partial charge on any atom is 0.147 e. The van der Waals surface area contributed by atoms with Crippen LogP contribution in [0.25, 0.3) is 0 Å². The Bertz CT molecular complexity index is 958. The highest BCUT2D eigenvalue weighted by Crippen LogP contribution is 2.46. The fraction of sp³-hybridized carbons (Fsp3) is 0.500. The van der Waals surface area contributed by atoms with E-state index in [9.17, 15) is 0 Å². The molecule has 5 heteroatoms. The molecule has 29 heavy (non-hydrogen) atoms. The van der Waals surface area contributed by atoms with Gasteiger partial charge in [-0.25, -0.2) is 9.97 Å². The maximum absolute atomic E-state index is 4.99. The zero-order chi connectivity index (χ0) is 20.9. The number of benzene rings is 1. The Morgan fingerprint density at radius 1 is 0.966 bits per heavy atom. The molecule has 1 saturated heterocycles. The minimum absolute atomic E-state index is 0.294. The van der Waals surface area contributed by atoms with Crippen LogP contribution in [0.4, 0.5) is 17.3 Å². The fourth-order valence-corrected chi connectivity index (χ4v) is 5.67. The molecule has 2 aromatic rings. The number of allylic oxidation sites excluding steroid dienone is 2. The van der Waals surface area contributed by atoms with Crippen LogP contribution in [0.15, 0.2) is 28.4 Å². The molecule has 0 amide bonds. The van der Waals surface area contributed by atoms with Crippen molar-refractivity contribution in [3.05, 3.63) is 50.9 Å². The molecule has 0 aliphatic carbocycles. The molecule has 4 rings (SSSR count). The van der Waals surface area contributed by atoms with Crippen molar-refractivity contribution < 1.29 is 0 Å². The first-order chi connectivity index (χ1) is 13.8. The number of hydrogen-bond donors (Lipinski definition) is 0. The number of aromatic nitrogens is 2. The third-order valence-electron chi connectivity index (χ3n) is 6.28. The van der Waals surface area contributed by atoms with E-state index >= 15 is 0 Å². The molecule has 0 radical (unpaired) electrons. The minimum atomic E-state index is 0.294. The molecule has 0 bridgehead atoms. The average Bonchev–Trinajstić information content (AvgIpc) is 2.63. The lowest BCUT2D eigenvalue weighted by Gasteiger charge is -2.40. The first-order valence-electron chi connectivity index (χ1n) is 10.7. The number of anilines is 3. The SMILES string of the molecule is CC1=CC(C)c2c(nc(C)nc2N2CCCCC2C)N1c1c(C)cc(Br)cc1C. The van der Waals surface area contributed by atoms with Crippen LogP contribution in [0, 0.1) is 20.8 Å². The van der Waals surface area contributed by atoms with Gasteiger partial charge < -0.3 is 4.90 Å². The predicted octanol–water partition coefficient (Wildman–Crippen LogP) is 6.70. The smallest absolute Gasteiger partial charge is 0.147 e.